The summed E-state index contributed by atoms with van der Waals surface area (Å²) in [5.74, 6) is -0.0577. The molecule has 0 aromatic heterocycles. The average Bonchev–Trinajstić information content (AvgIpc) is 2.36. The maximum atomic E-state index is 11.7. The molecule has 0 fully saturated rings. The van der Waals surface area contributed by atoms with Crippen LogP contribution in [-0.4, -0.2) is 24.4 Å². The third kappa shape index (κ3) is 5.14. The Morgan fingerprint density at radius 1 is 1.30 bits per heavy atom. The van der Waals surface area contributed by atoms with Gasteiger partial charge in [-0.3, -0.25) is 14.9 Å². The Kier molecular flexibility index (Phi) is 7.17. The lowest BCUT2D eigenvalue weighted by Gasteiger charge is -2.27. The van der Waals surface area contributed by atoms with Gasteiger partial charge in [-0.05, 0) is 38.6 Å². The molecule has 0 saturated carbocycles. The Morgan fingerprint density at radius 3 is 2.30 bits per heavy atom. The third-order valence-electron chi connectivity index (χ3n) is 2.85. The van der Waals surface area contributed by atoms with E-state index in [1.165, 1.54) is 12.1 Å². The maximum Gasteiger partial charge on any atom is 0.269 e. The van der Waals surface area contributed by atoms with Crippen LogP contribution in [-0.2, 0) is 10.3 Å². The Labute approximate surface area is 124 Å². The summed E-state index contributed by atoms with van der Waals surface area (Å²) in [7, 11) is 1.79. The van der Waals surface area contributed by atoms with Crippen LogP contribution in [0.4, 0.5) is 5.69 Å². The van der Waals surface area contributed by atoms with Crippen LogP contribution < -0.4 is 10.6 Å². The molecule has 1 aromatic rings. The fraction of sp³-hybridized carbons (Fsp3) is 0.462. The van der Waals surface area contributed by atoms with Crippen molar-refractivity contribution in [3.63, 3.8) is 0 Å². The number of amides is 1. The van der Waals surface area contributed by atoms with Crippen molar-refractivity contribution in [3.8, 4) is 0 Å². The average molecular weight is 302 g/mol. The van der Waals surface area contributed by atoms with E-state index < -0.39 is 10.5 Å². The summed E-state index contributed by atoms with van der Waals surface area (Å²) >= 11 is 0. The number of rotatable bonds is 6. The molecule has 0 aliphatic carbocycles. The van der Waals surface area contributed by atoms with Crippen LogP contribution in [0.3, 0.4) is 0 Å². The molecule has 6 nitrogen and oxygen atoms in total. The van der Waals surface area contributed by atoms with Gasteiger partial charge in [0.25, 0.3) is 5.69 Å². The number of hydrogen-bond donors (Lipinski definition) is 2. The summed E-state index contributed by atoms with van der Waals surface area (Å²) in [6, 6.07) is 6.21. The van der Waals surface area contributed by atoms with Crippen LogP contribution in [0.2, 0.25) is 0 Å². The molecule has 1 amide bonds. The fourth-order valence-electron chi connectivity index (χ4n) is 1.72. The molecule has 0 atom stereocenters. The van der Waals surface area contributed by atoms with Gasteiger partial charge < -0.3 is 10.6 Å². The minimum atomic E-state index is -0.556. The zero-order valence-electron chi connectivity index (χ0n) is 11.8. The van der Waals surface area contributed by atoms with Gasteiger partial charge in [0.1, 0.15) is 0 Å². The highest BCUT2D eigenvalue weighted by atomic mass is 35.5. The Balaban J connectivity index is 0.00000361. The number of carbonyl (C=O) groups is 1. The lowest BCUT2D eigenvalue weighted by atomic mass is 9.94. The van der Waals surface area contributed by atoms with E-state index in [9.17, 15) is 14.9 Å². The minimum absolute atomic E-state index is 0. The number of hydrogen-bond acceptors (Lipinski definition) is 4. The van der Waals surface area contributed by atoms with Crippen LogP contribution in [0.1, 0.15) is 25.8 Å². The van der Waals surface area contributed by atoms with E-state index in [1.54, 1.807) is 19.2 Å². The molecule has 0 radical (unpaired) electrons. The number of carbonyl (C=O) groups excluding carboxylic acids is 1. The number of benzene rings is 1. The van der Waals surface area contributed by atoms with Gasteiger partial charge in [-0.15, -0.1) is 12.4 Å². The van der Waals surface area contributed by atoms with Crippen molar-refractivity contribution in [3.05, 3.63) is 39.9 Å². The van der Waals surface area contributed by atoms with Gasteiger partial charge in [-0.1, -0.05) is 0 Å². The summed E-state index contributed by atoms with van der Waals surface area (Å²) in [4.78, 5) is 21.9. The van der Waals surface area contributed by atoms with Gasteiger partial charge >= 0.3 is 0 Å². The molecule has 20 heavy (non-hydrogen) atoms. The SMILES string of the molecule is CNCCC(=O)NC(C)(C)c1ccc([N+](=O)[O-])cc1.Cl. The van der Waals surface area contributed by atoms with Crippen molar-refractivity contribution in [2.75, 3.05) is 13.6 Å². The van der Waals surface area contributed by atoms with E-state index in [4.69, 9.17) is 0 Å². The Morgan fingerprint density at radius 2 is 1.85 bits per heavy atom. The molecule has 0 aliphatic heterocycles. The number of non-ortho nitro benzene ring substituents is 1. The molecule has 0 saturated heterocycles. The normalized spacial score (nSPS) is 10.6. The van der Waals surface area contributed by atoms with Crippen LogP contribution in [0, 0.1) is 10.1 Å². The first-order chi connectivity index (χ1) is 8.86. The van der Waals surface area contributed by atoms with E-state index in [0.29, 0.717) is 13.0 Å². The first-order valence-electron chi connectivity index (χ1n) is 6.07. The van der Waals surface area contributed by atoms with Crippen LogP contribution in [0.15, 0.2) is 24.3 Å². The molecule has 0 bridgehead atoms. The lowest BCUT2D eigenvalue weighted by Crippen LogP contribution is -2.41. The van der Waals surface area contributed by atoms with Gasteiger partial charge in [0.15, 0.2) is 0 Å². The van der Waals surface area contributed by atoms with E-state index in [-0.39, 0.29) is 24.0 Å². The zero-order chi connectivity index (χ0) is 14.5. The minimum Gasteiger partial charge on any atom is -0.347 e. The summed E-state index contributed by atoms with van der Waals surface area (Å²) in [6.45, 7) is 4.35. The van der Waals surface area contributed by atoms with Crippen molar-refractivity contribution >= 4 is 24.0 Å². The van der Waals surface area contributed by atoms with Gasteiger partial charge in [-0.2, -0.15) is 0 Å². The molecular formula is C13H20ClN3O3. The number of nitro groups is 1. The fourth-order valence-corrected chi connectivity index (χ4v) is 1.72. The molecule has 1 rings (SSSR count). The Bertz CT molecular complexity index is 460. The molecule has 112 valence electrons. The molecule has 1 aromatic carbocycles. The van der Waals surface area contributed by atoms with Gasteiger partial charge in [-0.25, -0.2) is 0 Å². The van der Waals surface area contributed by atoms with E-state index >= 15 is 0 Å². The van der Waals surface area contributed by atoms with Crippen molar-refractivity contribution in [2.45, 2.75) is 25.8 Å². The molecular weight excluding hydrogens is 282 g/mol. The van der Waals surface area contributed by atoms with Gasteiger partial charge in [0.2, 0.25) is 5.91 Å². The lowest BCUT2D eigenvalue weighted by molar-refractivity contribution is -0.384. The summed E-state index contributed by atoms with van der Waals surface area (Å²) < 4.78 is 0. The van der Waals surface area contributed by atoms with Crippen molar-refractivity contribution in [1.29, 1.82) is 0 Å². The highest BCUT2D eigenvalue weighted by molar-refractivity contribution is 5.85. The smallest absolute Gasteiger partial charge is 0.269 e. The third-order valence-corrected chi connectivity index (χ3v) is 2.85. The van der Waals surface area contributed by atoms with Crippen molar-refractivity contribution in [1.82, 2.24) is 10.6 Å². The monoisotopic (exact) mass is 301 g/mol. The predicted octanol–water partition coefficient (Wildman–Crippen LogP) is 1.98. The predicted molar refractivity (Wildman–Crippen MR) is 80.1 cm³/mol. The molecule has 0 spiro atoms. The molecule has 0 unspecified atom stereocenters. The number of nitro benzene ring substituents is 1. The zero-order valence-corrected chi connectivity index (χ0v) is 12.6. The number of nitrogens with one attached hydrogen (secondary N) is 2. The Hall–Kier alpha value is -1.66. The maximum absolute atomic E-state index is 11.7. The quantitative estimate of drug-likeness (QED) is 0.621. The van der Waals surface area contributed by atoms with E-state index in [2.05, 4.69) is 10.6 Å². The van der Waals surface area contributed by atoms with E-state index in [1.807, 2.05) is 13.8 Å². The van der Waals surface area contributed by atoms with Crippen molar-refractivity contribution < 1.29 is 9.72 Å². The second-order valence-corrected chi connectivity index (χ2v) is 4.83. The van der Waals surface area contributed by atoms with Gasteiger partial charge in [0, 0.05) is 25.1 Å². The van der Waals surface area contributed by atoms with Crippen molar-refractivity contribution in [2.24, 2.45) is 0 Å². The molecule has 2 N–H and O–H groups in total. The van der Waals surface area contributed by atoms with Crippen LogP contribution in [0.25, 0.3) is 0 Å². The summed E-state index contributed by atoms with van der Waals surface area (Å²) in [5.41, 5.74) is 0.317. The highest BCUT2D eigenvalue weighted by Crippen LogP contribution is 2.22. The first kappa shape index (κ1) is 18.3. The number of nitrogens with zero attached hydrogens (tertiary/aromatic N) is 1. The first-order valence-corrected chi connectivity index (χ1v) is 6.07. The molecule has 0 heterocycles. The van der Waals surface area contributed by atoms with Gasteiger partial charge in [0.05, 0.1) is 10.5 Å². The summed E-state index contributed by atoms with van der Waals surface area (Å²) in [5, 5.41) is 16.4. The number of halogens is 1. The topological polar surface area (TPSA) is 84.3 Å². The largest absolute Gasteiger partial charge is 0.347 e. The molecule has 0 aliphatic rings. The summed E-state index contributed by atoms with van der Waals surface area (Å²) in [6.07, 6.45) is 0.396. The molecule has 7 heteroatoms. The van der Waals surface area contributed by atoms with Crippen LogP contribution >= 0.6 is 12.4 Å². The second kappa shape index (κ2) is 7.81. The van der Waals surface area contributed by atoms with Crippen LogP contribution in [0.5, 0.6) is 0 Å². The van der Waals surface area contributed by atoms with E-state index in [0.717, 1.165) is 5.56 Å². The highest BCUT2D eigenvalue weighted by Gasteiger charge is 2.23. The standard InChI is InChI=1S/C13H19N3O3.ClH/c1-13(2,15-12(17)8-9-14-3)10-4-6-11(7-5-10)16(18)19;/h4-7,14H,8-9H2,1-3H3,(H,15,17);1H. The second-order valence-electron chi connectivity index (χ2n) is 4.83.